The maximum atomic E-state index is 12.6. The van der Waals surface area contributed by atoms with Crippen LogP contribution in [0.5, 0.6) is 0 Å². The van der Waals surface area contributed by atoms with Crippen molar-refractivity contribution in [1.82, 2.24) is 0 Å². The van der Waals surface area contributed by atoms with Crippen molar-refractivity contribution in [3.63, 3.8) is 0 Å². The lowest BCUT2D eigenvalue weighted by Gasteiger charge is -2.27. The molecule has 0 rings (SSSR count). The number of hydrogen-bond acceptors (Lipinski definition) is 3. The van der Waals surface area contributed by atoms with Crippen molar-refractivity contribution in [1.29, 1.82) is 0 Å². The number of alkyl halides is 5. The van der Waals surface area contributed by atoms with Gasteiger partial charge in [0.05, 0.1) is 6.10 Å². The zero-order valence-electron chi connectivity index (χ0n) is 8.06. The van der Waals surface area contributed by atoms with E-state index in [1.807, 2.05) is 0 Å². The van der Waals surface area contributed by atoms with Crippen LogP contribution < -0.4 is 0 Å². The Labute approximate surface area is 103 Å². The van der Waals surface area contributed by atoms with Crippen LogP contribution in [0.1, 0.15) is 13.8 Å². The minimum atomic E-state index is -5.28. The van der Waals surface area contributed by atoms with Crippen molar-refractivity contribution in [3.8, 4) is 0 Å². The summed E-state index contributed by atoms with van der Waals surface area (Å²) >= 11 is 1.05. The van der Waals surface area contributed by atoms with E-state index in [0.717, 1.165) is 36.4 Å². The predicted molar refractivity (Wildman–Crippen MR) is 54.0 cm³/mol. The molecule has 0 amide bonds. The van der Waals surface area contributed by atoms with E-state index in [9.17, 15) is 29.9 Å². The molecule has 0 saturated heterocycles. The second-order valence-electron chi connectivity index (χ2n) is 3.06. The summed E-state index contributed by atoms with van der Waals surface area (Å²) in [4.78, 5) is 0. The van der Waals surface area contributed by atoms with Crippen molar-refractivity contribution in [2.45, 2.75) is 35.2 Å². The molecule has 0 spiro atoms. The smallest absolute Gasteiger partial charge is 0.336 e. The van der Waals surface area contributed by atoms with Crippen LogP contribution in [0.15, 0.2) is 0 Å². The van der Waals surface area contributed by atoms with Crippen molar-refractivity contribution in [2.24, 2.45) is 0 Å². The van der Waals surface area contributed by atoms with Crippen LogP contribution >= 0.6 is 22.6 Å². The summed E-state index contributed by atoms with van der Waals surface area (Å²) in [5.74, 6) is 0. The lowest BCUT2D eigenvalue weighted by molar-refractivity contribution is -0.275. The van der Waals surface area contributed by atoms with Crippen LogP contribution in [0.25, 0.3) is 0 Å². The fraction of sp³-hybridized carbons (Fsp3) is 1.00. The highest BCUT2D eigenvalue weighted by Crippen LogP contribution is 2.35. The summed E-state index contributed by atoms with van der Waals surface area (Å²) < 4.78 is 82.9. The molecule has 0 aliphatic rings. The molecule has 0 bridgehead atoms. The third-order valence-electron chi connectivity index (χ3n) is 1.78. The third-order valence-corrected chi connectivity index (χ3v) is 5.52. The molecule has 3 unspecified atom stereocenters. The van der Waals surface area contributed by atoms with E-state index in [1.54, 1.807) is 0 Å². The molecule has 10 heteroatoms. The second-order valence-corrected chi connectivity index (χ2v) is 7.76. The van der Waals surface area contributed by atoms with Gasteiger partial charge in [0.25, 0.3) is 6.36 Å². The van der Waals surface area contributed by atoms with E-state index in [2.05, 4.69) is 4.74 Å². The van der Waals surface area contributed by atoms with Gasteiger partial charge in [0.1, 0.15) is 0 Å². The van der Waals surface area contributed by atoms with Crippen molar-refractivity contribution in [2.75, 3.05) is 0 Å². The number of ether oxygens (including phenoxy) is 1. The summed E-state index contributed by atoms with van der Waals surface area (Å²) in [5, 5.41) is 0. The minimum absolute atomic E-state index is 0.788. The largest absolute Gasteiger partial charge is 0.445 e. The van der Waals surface area contributed by atoms with Gasteiger partial charge < -0.3 is 4.74 Å². The molecule has 0 aromatic rings. The van der Waals surface area contributed by atoms with Crippen LogP contribution in [0, 0.1) is 0 Å². The van der Waals surface area contributed by atoms with E-state index < -0.39 is 31.6 Å². The van der Waals surface area contributed by atoms with Crippen LogP contribution in [0.4, 0.5) is 21.4 Å². The fourth-order valence-corrected chi connectivity index (χ4v) is 1.17. The van der Waals surface area contributed by atoms with Gasteiger partial charge in [0, 0.05) is 0 Å². The SMILES string of the molecule is CC(OC(F)C(F)(F)F)C(C)(I)S(=O)(=O)F. The first kappa shape index (κ1) is 16.3. The maximum absolute atomic E-state index is 12.6. The van der Waals surface area contributed by atoms with E-state index in [4.69, 9.17) is 0 Å². The lowest BCUT2D eigenvalue weighted by Crippen LogP contribution is -2.43. The van der Waals surface area contributed by atoms with Crippen LogP contribution in [0.2, 0.25) is 0 Å². The van der Waals surface area contributed by atoms with Crippen LogP contribution in [-0.4, -0.2) is 29.8 Å². The molecule has 0 N–H and O–H groups in total. The molecule has 0 fully saturated rings. The summed E-state index contributed by atoms with van der Waals surface area (Å²) in [6.07, 6.45) is -10.7. The van der Waals surface area contributed by atoms with E-state index in [1.165, 1.54) is 0 Å². The van der Waals surface area contributed by atoms with Crippen molar-refractivity contribution >= 4 is 32.8 Å². The van der Waals surface area contributed by atoms with Gasteiger partial charge in [-0.25, -0.2) is 4.39 Å². The van der Waals surface area contributed by atoms with Gasteiger partial charge in [-0.2, -0.15) is 21.6 Å². The minimum Gasteiger partial charge on any atom is -0.336 e. The number of rotatable bonds is 4. The third kappa shape index (κ3) is 3.95. The summed E-state index contributed by atoms with van der Waals surface area (Å²) in [5.41, 5.74) is 0. The number of halogens is 6. The Morgan fingerprint density at radius 2 is 1.69 bits per heavy atom. The molecule has 0 aromatic heterocycles. The zero-order valence-corrected chi connectivity index (χ0v) is 11.0. The van der Waals surface area contributed by atoms with E-state index >= 15 is 0 Å². The molecule has 98 valence electrons. The molecular weight excluding hydrogens is 374 g/mol. The molecule has 0 radical (unpaired) electrons. The first-order valence-electron chi connectivity index (χ1n) is 3.79. The van der Waals surface area contributed by atoms with E-state index in [0.29, 0.717) is 0 Å². The maximum Gasteiger partial charge on any atom is 0.445 e. The Hall–Kier alpha value is 0.290. The Kier molecular flexibility index (Phi) is 4.97. The molecule has 0 saturated carbocycles. The molecule has 0 aliphatic carbocycles. The Morgan fingerprint density at radius 3 is 1.94 bits per heavy atom. The van der Waals surface area contributed by atoms with Gasteiger partial charge >= 0.3 is 16.4 Å². The highest BCUT2D eigenvalue weighted by molar-refractivity contribution is 14.1. The lowest BCUT2D eigenvalue weighted by atomic mass is 10.3. The van der Waals surface area contributed by atoms with Gasteiger partial charge in [0.15, 0.2) is 2.75 Å². The van der Waals surface area contributed by atoms with Gasteiger partial charge in [0.2, 0.25) is 0 Å². The Bertz CT molecular complexity index is 339. The van der Waals surface area contributed by atoms with Crippen molar-refractivity contribution in [3.05, 3.63) is 0 Å². The second kappa shape index (κ2) is 4.88. The highest BCUT2D eigenvalue weighted by Gasteiger charge is 2.49. The van der Waals surface area contributed by atoms with Crippen molar-refractivity contribution < 1.29 is 34.6 Å². The van der Waals surface area contributed by atoms with Gasteiger partial charge in [-0.05, 0) is 13.8 Å². The summed E-state index contributed by atoms with van der Waals surface area (Å²) in [7, 11) is -5.17. The Balaban J connectivity index is 4.79. The monoisotopic (exact) mass is 382 g/mol. The molecule has 0 heterocycles. The van der Waals surface area contributed by atoms with Gasteiger partial charge in [-0.1, -0.05) is 22.6 Å². The standard InChI is InChI=1S/C6H8F5IO3S/c1-3(5(2,12)16(11,13)14)15-4(7)6(8,9)10/h3-4H,1-2H3. The topological polar surface area (TPSA) is 43.4 Å². The van der Waals surface area contributed by atoms with E-state index in [-0.39, 0.29) is 0 Å². The van der Waals surface area contributed by atoms with Crippen LogP contribution in [0.3, 0.4) is 0 Å². The molecule has 16 heavy (non-hydrogen) atoms. The average Bonchev–Trinajstić information content (AvgIpc) is 1.99. The first-order chi connectivity index (χ1) is 6.80. The predicted octanol–water partition coefficient (Wildman–Crippen LogP) is 2.70. The van der Waals surface area contributed by atoms with Gasteiger partial charge in [-0.15, -0.1) is 3.89 Å². The molecule has 0 aromatic carbocycles. The normalized spacial score (nSPS) is 21.2. The highest BCUT2D eigenvalue weighted by atomic mass is 127. The van der Waals surface area contributed by atoms with Crippen LogP contribution in [-0.2, 0) is 15.0 Å². The fourth-order valence-electron chi connectivity index (χ4n) is 0.576. The number of hydrogen-bond donors (Lipinski definition) is 0. The zero-order chi connectivity index (χ0) is 13.4. The molecule has 3 nitrogen and oxygen atoms in total. The Morgan fingerprint density at radius 1 is 1.31 bits per heavy atom. The molecule has 3 atom stereocenters. The molecular formula is C6H8F5IO3S. The average molecular weight is 382 g/mol. The van der Waals surface area contributed by atoms with Gasteiger partial charge in [-0.3, -0.25) is 0 Å². The summed E-state index contributed by atoms with van der Waals surface area (Å²) in [6.45, 7) is 1.62. The quantitative estimate of drug-likeness (QED) is 0.325. The molecule has 0 aliphatic heterocycles. The summed E-state index contributed by atoms with van der Waals surface area (Å²) in [6, 6.07) is 0. The first-order valence-corrected chi connectivity index (χ1v) is 6.25.